The topological polar surface area (TPSA) is 90.9 Å². The Morgan fingerprint density at radius 2 is 1.92 bits per heavy atom. The van der Waals surface area contributed by atoms with Gasteiger partial charge in [-0.3, -0.25) is 18.7 Å². The van der Waals surface area contributed by atoms with Crippen LogP contribution in [-0.2, 0) is 32.0 Å². The summed E-state index contributed by atoms with van der Waals surface area (Å²) < 4.78 is 3.65. The van der Waals surface area contributed by atoms with Crippen molar-refractivity contribution >= 4 is 40.3 Å². The third-order valence-corrected chi connectivity index (χ3v) is 4.61. The second kappa shape index (κ2) is 6.97. The van der Waals surface area contributed by atoms with Gasteiger partial charge in [-0.2, -0.15) is 0 Å². The standard InChI is InChI=1S/C16H15Cl2N5O3/c1-21-14-13(15(25)22(2)16(21)26)23(8-20-14)7-12(24)19-6-9-3-4-10(17)5-11(9)18/h3-5,8H,6-7H2,1-2H3,(H,19,24). The summed E-state index contributed by atoms with van der Waals surface area (Å²) in [4.78, 5) is 40.6. The molecule has 1 aromatic carbocycles. The van der Waals surface area contributed by atoms with Crippen molar-refractivity contribution in [3.05, 3.63) is 61.0 Å². The number of rotatable bonds is 4. The van der Waals surface area contributed by atoms with Gasteiger partial charge in [-0.25, -0.2) is 9.78 Å². The Hall–Kier alpha value is -2.58. The molecule has 0 atom stereocenters. The molecule has 0 fully saturated rings. The molecule has 0 aliphatic carbocycles. The van der Waals surface area contributed by atoms with E-state index < -0.39 is 11.2 Å². The molecule has 0 saturated carbocycles. The first-order valence-corrected chi connectivity index (χ1v) is 8.36. The minimum absolute atomic E-state index is 0.116. The molecule has 136 valence electrons. The Bertz CT molecular complexity index is 1130. The van der Waals surface area contributed by atoms with E-state index in [4.69, 9.17) is 23.2 Å². The van der Waals surface area contributed by atoms with Crippen LogP contribution in [0.5, 0.6) is 0 Å². The number of amides is 1. The molecular formula is C16H15Cl2N5O3. The van der Waals surface area contributed by atoms with Gasteiger partial charge in [0.2, 0.25) is 5.91 Å². The number of carbonyl (C=O) groups excluding carboxylic acids is 1. The maximum absolute atomic E-state index is 12.3. The summed E-state index contributed by atoms with van der Waals surface area (Å²) in [7, 11) is 2.90. The zero-order valence-corrected chi connectivity index (χ0v) is 15.5. The lowest BCUT2D eigenvalue weighted by atomic mass is 10.2. The number of benzene rings is 1. The lowest BCUT2D eigenvalue weighted by Crippen LogP contribution is -2.38. The minimum Gasteiger partial charge on any atom is -0.350 e. The summed E-state index contributed by atoms with van der Waals surface area (Å²) in [5.41, 5.74) is 0.155. The molecule has 2 aromatic heterocycles. The number of carbonyl (C=O) groups is 1. The Labute approximate surface area is 157 Å². The molecule has 0 radical (unpaired) electrons. The highest BCUT2D eigenvalue weighted by molar-refractivity contribution is 6.35. The maximum atomic E-state index is 12.3. The van der Waals surface area contributed by atoms with E-state index in [1.807, 2.05) is 0 Å². The van der Waals surface area contributed by atoms with Crippen LogP contribution in [0.1, 0.15) is 5.56 Å². The van der Waals surface area contributed by atoms with Crippen LogP contribution in [0.25, 0.3) is 11.2 Å². The first kappa shape index (κ1) is 18.2. The van der Waals surface area contributed by atoms with Crippen LogP contribution in [0.15, 0.2) is 34.1 Å². The summed E-state index contributed by atoms with van der Waals surface area (Å²) >= 11 is 11.9. The van der Waals surface area contributed by atoms with Crippen LogP contribution in [0, 0.1) is 0 Å². The van der Waals surface area contributed by atoms with Gasteiger partial charge in [0.15, 0.2) is 11.2 Å². The van der Waals surface area contributed by atoms with Gasteiger partial charge in [0.25, 0.3) is 5.56 Å². The van der Waals surface area contributed by atoms with Crippen LogP contribution in [0.3, 0.4) is 0 Å². The van der Waals surface area contributed by atoms with Gasteiger partial charge >= 0.3 is 5.69 Å². The molecule has 0 aliphatic heterocycles. The molecule has 0 unspecified atom stereocenters. The number of hydrogen-bond acceptors (Lipinski definition) is 4. The summed E-state index contributed by atoms with van der Waals surface area (Å²) in [6, 6.07) is 5.00. The highest BCUT2D eigenvalue weighted by Gasteiger charge is 2.16. The number of halogens is 2. The van der Waals surface area contributed by atoms with E-state index in [-0.39, 0.29) is 30.2 Å². The van der Waals surface area contributed by atoms with Gasteiger partial charge in [0, 0.05) is 30.7 Å². The molecule has 3 aromatic rings. The number of hydrogen-bond donors (Lipinski definition) is 1. The lowest BCUT2D eigenvalue weighted by Gasteiger charge is -2.09. The van der Waals surface area contributed by atoms with Crippen molar-refractivity contribution in [1.29, 1.82) is 0 Å². The molecule has 1 amide bonds. The van der Waals surface area contributed by atoms with Gasteiger partial charge < -0.3 is 9.88 Å². The molecular weight excluding hydrogens is 381 g/mol. The molecule has 0 saturated heterocycles. The second-order valence-electron chi connectivity index (χ2n) is 5.76. The Morgan fingerprint density at radius 3 is 2.62 bits per heavy atom. The third-order valence-electron chi connectivity index (χ3n) is 4.02. The van der Waals surface area contributed by atoms with Gasteiger partial charge in [-0.1, -0.05) is 29.3 Å². The number of aryl methyl sites for hydroxylation is 1. The Kier molecular flexibility index (Phi) is 4.88. The summed E-state index contributed by atoms with van der Waals surface area (Å²) in [5, 5.41) is 3.69. The summed E-state index contributed by atoms with van der Waals surface area (Å²) in [6.07, 6.45) is 1.36. The van der Waals surface area contributed by atoms with Crippen molar-refractivity contribution in [2.75, 3.05) is 0 Å². The molecule has 0 aliphatic rings. The monoisotopic (exact) mass is 395 g/mol. The quantitative estimate of drug-likeness (QED) is 0.714. The van der Waals surface area contributed by atoms with E-state index in [0.717, 1.165) is 10.1 Å². The predicted octanol–water partition coefficient (Wildman–Crippen LogP) is 1.06. The first-order chi connectivity index (χ1) is 12.3. The molecule has 26 heavy (non-hydrogen) atoms. The molecule has 10 heteroatoms. The van der Waals surface area contributed by atoms with Crippen molar-refractivity contribution in [2.24, 2.45) is 14.1 Å². The van der Waals surface area contributed by atoms with E-state index in [1.54, 1.807) is 18.2 Å². The lowest BCUT2D eigenvalue weighted by molar-refractivity contribution is -0.121. The van der Waals surface area contributed by atoms with Crippen LogP contribution in [0.4, 0.5) is 0 Å². The molecule has 0 bridgehead atoms. The number of nitrogens with one attached hydrogen (secondary N) is 1. The zero-order chi connectivity index (χ0) is 19.0. The minimum atomic E-state index is -0.505. The van der Waals surface area contributed by atoms with E-state index in [0.29, 0.717) is 10.0 Å². The molecule has 2 heterocycles. The van der Waals surface area contributed by atoms with Gasteiger partial charge in [0.1, 0.15) is 6.54 Å². The molecule has 3 rings (SSSR count). The molecule has 8 nitrogen and oxygen atoms in total. The smallest absolute Gasteiger partial charge is 0.332 e. The average molecular weight is 396 g/mol. The Morgan fingerprint density at radius 1 is 1.19 bits per heavy atom. The molecule has 0 spiro atoms. The van der Waals surface area contributed by atoms with E-state index >= 15 is 0 Å². The molecule has 1 N–H and O–H groups in total. The van der Waals surface area contributed by atoms with Crippen LogP contribution in [0.2, 0.25) is 10.0 Å². The summed E-state index contributed by atoms with van der Waals surface area (Å²) in [6.45, 7) is 0.104. The highest BCUT2D eigenvalue weighted by Crippen LogP contribution is 2.20. The van der Waals surface area contributed by atoms with Crippen LogP contribution in [-0.4, -0.2) is 24.6 Å². The second-order valence-corrected chi connectivity index (χ2v) is 6.61. The SMILES string of the molecule is Cn1c(=O)c2c(ncn2CC(=O)NCc2ccc(Cl)cc2Cl)n(C)c1=O. The van der Waals surface area contributed by atoms with E-state index in [9.17, 15) is 14.4 Å². The fraction of sp³-hybridized carbons (Fsp3) is 0.250. The summed E-state index contributed by atoms with van der Waals surface area (Å²) in [5.74, 6) is -0.328. The van der Waals surface area contributed by atoms with E-state index in [2.05, 4.69) is 10.3 Å². The highest BCUT2D eigenvalue weighted by atomic mass is 35.5. The van der Waals surface area contributed by atoms with Crippen molar-refractivity contribution in [1.82, 2.24) is 24.0 Å². The maximum Gasteiger partial charge on any atom is 0.332 e. The van der Waals surface area contributed by atoms with Gasteiger partial charge in [-0.15, -0.1) is 0 Å². The van der Waals surface area contributed by atoms with Crippen molar-refractivity contribution in [3.63, 3.8) is 0 Å². The van der Waals surface area contributed by atoms with Crippen LogP contribution >= 0.6 is 23.2 Å². The zero-order valence-electron chi connectivity index (χ0n) is 14.0. The fourth-order valence-corrected chi connectivity index (χ4v) is 3.06. The number of fused-ring (bicyclic) bond motifs is 1. The van der Waals surface area contributed by atoms with Crippen LogP contribution < -0.4 is 16.6 Å². The Balaban J connectivity index is 1.82. The van der Waals surface area contributed by atoms with Gasteiger partial charge in [-0.05, 0) is 17.7 Å². The third kappa shape index (κ3) is 3.25. The number of nitrogens with zero attached hydrogens (tertiary/aromatic N) is 4. The van der Waals surface area contributed by atoms with Gasteiger partial charge in [0.05, 0.1) is 6.33 Å². The van der Waals surface area contributed by atoms with Crippen molar-refractivity contribution in [2.45, 2.75) is 13.1 Å². The average Bonchev–Trinajstić information content (AvgIpc) is 3.01. The number of imidazole rings is 1. The largest absolute Gasteiger partial charge is 0.350 e. The predicted molar refractivity (Wildman–Crippen MR) is 98.5 cm³/mol. The van der Waals surface area contributed by atoms with E-state index in [1.165, 1.54) is 29.6 Å². The fourth-order valence-electron chi connectivity index (χ4n) is 2.59. The van der Waals surface area contributed by atoms with Crippen molar-refractivity contribution in [3.8, 4) is 0 Å². The van der Waals surface area contributed by atoms with Crippen molar-refractivity contribution < 1.29 is 4.79 Å². The normalized spacial score (nSPS) is 11.1. The number of aromatic nitrogens is 4. The first-order valence-electron chi connectivity index (χ1n) is 7.61.